The molecule has 1 saturated heterocycles. The van der Waals surface area contributed by atoms with Crippen LogP contribution in [0.3, 0.4) is 0 Å². The zero-order valence-corrected chi connectivity index (χ0v) is 16.9. The molecule has 1 heterocycles. The number of nitrogens with one attached hydrogen (secondary N) is 1. The van der Waals surface area contributed by atoms with Crippen molar-refractivity contribution in [2.24, 2.45) is 0 Å². The van der Waals surface area contributed by atoms with Crippen LogP contribution in [-0.4, -0.2) is 49.8 Å². The van der Waals surface area contributed by atoms with E-state index in [2.05, 4.69) is 9.62 Å². The van der Waals surface area contributed by atoms with Gasteiger partial charge in [0.1, 0.15) is 5.82 Å². The Labute approximate surface area is 170 Å². The van der Waals surface area contributed by atoms with Gasteiger partial charge in [-0.2, -0.15) is 0 Å². The molecule has 28 heavy (non-hydrogen) atoms. The maximum atomic E-state index is 13.0. The van der Waals surface area contributed by atoms with Crippen LogP contribution in [-0.2, 0) is 17.4 Å². The molecule has 1 fully saturated rings. The van der Waals surface area contributed by atoms with Crippen LogP contribution in [0.5, 0.6) is 0 Å². The lowest BCUT2D eigenvalue weighted by molar-refractivity contribution is 0.0475. The number of thiol groups is 1. The fourth-order valence-corrected chi connectivity index (χ4v) is 3.96. The van der Waals surface area contributed by atoms with Crippen LogP contribution in [0.15, 0.2) is 42.5 Å². The molecule has 1 atom stereocenters. The van der Waals surface area contributed by atoms with E-state index in [4.69, 9.17) is 11.6 Å². The molecule has 1 aliphatic rings. The van der Waals surface area contributed by atoms with E-state index >= 15 is 0 Å². The fraction of sp³-hybridized carbons (Fsp3) is 0.316. The second kappa shape index (κ2) is 8.89. The standard InChI is InChI=1S/C19H21ClFN3O3S/c1-13-11-23(12-14-2-4-15(21)5-3-14)8-9-24(13)19(25)17-7-6-16(10-18(17)20)22-28(26)27/h2-7,10,13,28H,8-9,11-12H2,1H3,(H,22,26,27)/t13-/m0/s1. The van der Waals surface area contributed by atoms with E-state index in [-0.39, 0.29) is 22.8 Å². The summed E-state index contributed by atoms with van der Waals surface area (Å²) in [7, 11) is -2.79. The average molecular weight is 426 g/mol. The Balaban J connectivity index is 1.65. The van der Waals surface area contributed by atoms with Crippen molar-refractivity contribution in [2.45, 2.75) is 19.5 Å². The van der Waals surface area contributed by atoms with Gasteiger partial charge < -0.3 is 4.90 Å². The Hall–Kier alpha value is -2.16. The molecule has 0 aromatic heterocycles. The molecular formula is C19H21ClFN3O3S. The first-order valence-electron chi connectivity index (χ1n) is 8.82. The van der Waals surface area contributed by atoms with E-state index in [1.807, 2.05) is 6.92 Å². The fourth-order valence-electron chi connectivity index (χ4n) is 3.34. The molecule has 1 N–H and O–H groups in total. The van der Waals surface area contributed by atoms with Gasteiger partial charge in [0.15, 0.2) is 0 Å². The predicted molar refractivity (Wildman–Crippen MR) is 108 cm³/mol. The summed E-state index contributed by atoms with van der Waals surface area (Å²) in [6.45, 7) is 4.60. The third-order valence-electron chi connectivity index (χ3n) is 4.71. The number of carbonyl (C=O) groups excluding carboxylic acids is 1. The number of anilines is 1. The van der Waals surface area contributed by atoms with Gasteiger partial charge in [-0.1, -0.05) is 23.7 Å². The van der Waals surface area contributed by atoms with Gasteiger partial charge in [0.2, 0.25) is 10.9 Å². The van der Waals surface area contributed by atoms with E-state index in [1.165, 1.54) is 30.3 Å². The maximum absolute atomic E-state index is 13.0. The zero-order valence-electron chi connectivity index (χ0n) is 15.3. The second-order valence-corrected chi connectivity index (χ2v) is 7.92. The molecule has 0 bridgehead atoms. The summed E-state index contributed by atoms with van der Waals surface area (Å²) in [6, 6.07) is 10.9. The molecule has 3 rings (SSSR count). The van der Waals surface area contributed by atoms with E-state index in [9.17, 15) is 17.6 Å². The maximum Gasteiger partial charge on any atom is 0.255 e. The molecule has 1 amide bonds. The predicted octanol–water partition coefficient (Wildman–Crippen LogP) is 2.76. The number of nitrogens with zero attached hydrogens (tertiary/aromatic N) is 2. The highest BCUT2D eigenvalue weighted by Crippen LogP contribution is 2.24. The van der Waals surface area contributed by atoms with Gasteiger partial charge in [-0.3, -0.25) is 14.4 Å². The van der Waals surface area contributed by atoms with Gasteiger partial charge in [0.05, 0.1) is 10.6 Å². The summed E-state index contributed by atoms with van der Waals surface area (Å²) >= 11 is 6.20. The SMILES string of the molecule is C[C@H]1CN(Cc2ccc(F)cc2)CCN1C(=O)c1ccc(N[SH](=O)=O)cc1Cl. The monoisotopic (exact) mass is 425 g/mol. The highest BCUT2D eigenvalue weighted by molar-refractivity contribution is 7.73. The lowest BCUT2D eigenvalue weighted by Crippen LogP contribution is -2.53. The summed E-state index contributed by atoms with van der Waals surface area (Å²) in [5.41, 5.74) is 1.68. The third-order valence-corrected chi connectivity index (χ3v) is 5.47. The van der Waals surface area contributed by atoms with E-state index in [1.54, 1.807) is 17.0 Å². The number of carbonyl (C=O) groups is 1. The van der Waals surface area contributed by atoms with E-state index in [0.29, 0.717) is 37.4 Å². The summed E-state index contributed by atoms with van der Waals surface area (Å²) in [5, 5.41) is 0.202. The molecular weight excluding hydrogens is 405 g/mol. The zero-order chi connectivity index (χ0) is 20.3. The van der Waals surface area contributed by atoms with Crippen molar-refractivity contribution in [3.63, 3.8) is 0 Å². The minimum Gasteiger partial charge on any atom is -0.333 e. The van der Waals surface area contributed by atoms with Crippen LogP contribution in [0.2, 0.25) is 5.02 Å². The first-order chi connectivity index (χ1) is 13.3. The molecule has 0 aliphatic carbocycles. The van der Waals surface area contributed by atoms with Crippen LogP contribution in [0.1, 0.15) is 22.8 Å². The quantitative estimate of drug-likeness (QED) is 0.723. The molecule has 2 aromatic rings. The van der Waals surface area contributed by atoms with Crippen molar-refractivity contribution in [3.8, 4) is 0 Å². The van der Waals surface area contributed by atoms with Gasteiger partial charge in [0.25, 0.3) is 5.91 Å². The topological polar surface area (TPSA) is 69.7 Å². The highest BCUT2D eigenvalue weighted by Gasteiger charge is 2.29. The first-order valence-corrected chi connectivity index (χ1v) is 10.4. The van der Waals surface area contributed by atoms with Crippen LogP contribution in [0.4, 0.5) is 10.1 Å². The highest BCUT2D eigenvalue weighted by atomic mass is 35.5. The molecule has 6 nitrogen and oxygen atoms in total. The lowest BCUT2D eigenvalue weighted by atomic mass is 10.1. The number of benzene rings is 2. The van der Waals surface area contributed by atoms with Crippen LogP contribution in [0, 0.1) is 5.82 Å². The van der Waals surface area contributed by atoms with Crippen LogP contribution >= 0.6 is 11.6 Å². The Morgan fingerprint density at radius 2 is 1.93 bits per heavy atom. The molecule has 9 heteroatoms. The molecule has 0 radical (unpaired) electrons. The summed E-state index contributed by atoms with van der Waals surface area (Å²) in [5.74, 6) is -0.440. The minimum atomic E-state index is -2.79. The van der Waals surface area contributed by atoms with Gasteiger partial charge in [-0.25, -0.2) is 12.8 Å². The number of rotatable bonds is 5. The summed E-state index contributed by atoms with van der Waals surface area (Å²) in [6.07, 6.45) is 0. The molecule has 1 aliphatic heterocycles. The molecule has 0 saturated carbocycles. The van der Waals surface area contributed by atoms with Gasteiger partial charge in [-0.15, -0.1) is 0 Å². The van der Waals surface area contributed by atoms with Crippen molar-refractivity contribution < 1.29 is 17.6 Å². The van der Waals surface area contributed by atoms with Gasteiger partial charge in [-0.05, 0) is 42.8 Å². The van der Waals surface area contributed by atoms with Crippen molar-refractivity contribution in [1.82, 2.24) is 9.80 Å². The molecule has 0 spiro atoms. The Bertz CT molecular complexity index is 929. The number of hydrogen-bond donors (Lipinski definition) is 2. The number of amides is 1. The van der Waals surface area contributed by atoms with Crippen LogP contribution < -0.4 is 4.72 Å². The lowest BCUT2D eigenvalue weighted by Gasteiger charge is -2.40. The summed E-state index contributed by atoms with van der Waals surface area (Å²) in [4.78, 5) is 16.9. The molecule has 0 unspecified atom stereocenters. The first kappa shape index (κ1) is 20.6. The van der Waals surface area contributed by atoms with Crippen molar-refractivity contribution in [3.05, 3.63) is 64.4 Å². The van der Waals surface area contributed by atoms with Gasteiger partial charge in [0, 0.05) is 37.9 Å². The minimum absolute atomic E-state index is 0.0216. The smallest absolute Gasteiger partial charge is 0.255 e. The van der Waals surface area contributed by atoms with Gasteiger partial charge >= 0.3 is 0 Å². The second-order valence-electron chi connectivity index (χ2n) is 6.77. The largest absolute Gasteiger partial charge is 0.333 e. The van der Waals surface area contributed by atoms with E-state index in [0.717, 1.165) is 5.56 Å². The Kier molecular flexibility index (Phi) is 6.53. The Morgan fingerprint density at radius 3 is 2.54 bits per heavy atom. The summed E-state index contributed by atoms with van der Waals surface area (Å²) < 4.78 is 36.8. The number of piperazine rings is 1. The van der Waals surface area contributed by atoms with Crippen molar-refractivity contribution in [2.75, 3.05) is 24.4 Å². The number of hydrogen-bond acceptors (Lipinski definition) is 4. The van der Waals surface area contributed by atoms with Crippen molar-refractivity contribution >= 4 is 34.1 Å². The third kappa shape index (κ3) is 5.01. The molecule has 150 valence electrons. The number of halogens is 2. The Morgan fingerprint density at radius 1 is 1.21 bits per heavy atom. The average Bonchev–Trinajstić information content (AvgIpc) is 2.63. The molecule has 2 aromatic carbocycles. The van der Waals surface area contributed by atoms with Crippen LogP contribution in [0.25, 0.3) is 0 Å². The normalized spacial score (nSPS) is 17.7. The van der Waals surface area contributed by atoms with Crippen molar-refractivity contribution in [1.29, 1.82) is 0 Å². The van der Waals surface area contributed by atoms with E-state index < -0.39 is 10.9 Å².